The van der Waals surface area contributed by atoms with Gasteiger partial charge in [-0.15, -0.1) is 0 Å². The van der Waals surface area contributed by atoms with Crippen LogP contribution in [0.2, 0.25) is 10.0 Å². The third kappa shape index (κ3) is 5.96. The molecule has 1 heterocycles. The normalized spacial score (nSPS) is 26.8. The van der Waals surface area contributed by atoms with E-state index in [1.807, 2.05) is 4.90 Å². The Balaban J connectivity index is 1.63. The number of piperidine rings is 1. The molecule has 1 aromatic rings. The van der Waals surface area contributed by atoms with E-state index < -0.39 is 24.4 Å². The Labute approximate surface area is 163 Å². The van der Waals surface area contributed by atoms with E-state index >= 15 is 0 Å². The van der Waals surface area contributed by atoms with Crippen molar-refractivity contribution in [2.75, 3.05) is 26.3 Å². The van der Waals surface area contributed by atoms with Gasteiger partial charge in [-0.1, -0.05) is 36.0 Å². The molecular weight excluding hydrogens is 381 g/mol. The number of benzene rings is 1. The molecule has 148 valence electrons. The van der Waals surface area contributed by atoms with Gasteiger partial charge in [-0.05, 0) is 31.5 Å². The molecule has 0 aliphatic carbocycles. The summed E-state index contributed by atoms with van der Waals surface area (Å²) < 4.78 is 5.63. The van der Waals surface area contributed by atoms with Gasteiger partial charge in [0.05, 0.1) is 30.4 Å². The molecule has 0 spiro atoms. The van der Waals surface area contributed by atoms with Crippen LogP contribution in [-0.2, 0) is 0 Å². The molecule has 4 N–H and O–H groups in total. The zero-order valence-corrected chi connectivity index (χ0v) is 16.1. The Morgan fingerprint density at radius 3 is 2.50 bits per heavy atom. The minimum atomic E-state index is -1.21. The van der Waals surface area contributed by atoms with E-state index in [0.29, 0.717) is 28.9 Å². The number of halogens is 2. The summed E-state index contributed by atoms with van der Waals surface area (Å²) in [5.74, 6) is 0.583. The maximum atomic E-state index is 9.95. The standard InChI is InChI=1S/C18H27Cl2NO5/c19-12-5-6-13(20)16(9-12)26-8-4-2-1-3-7-21-10-15(23)18(25)17(24)14(21)11-22/h5-6,9,14-15,17-18,22-25H,1-4,7-8,10-11H2/t14-,15+,17-,18-/m1/s1. The molecule has 0 radical (unpaired) electrons. The highest BCUT2D eigenvalue weighted by Crippen LogP contribution is 2.27. The van der Waals surface area contributed by atoms with Crippen LogP contribution in [0, 0.1) is 0 Å². The Kier molecular flexibility index (Phi) is 8.90. The Hall–Kier alpha value is -0.600. The maximum absolute atomic E-state index is 9.95. The van der Waals surface area contributed by atoms with Gasteiger partial charge in [-0.2, -0.15) is 0 Å². The number of ether oxygens (including phenoxy) is 1. The van der Waals surface area contributed by atoms with E-state index in [4.69, 9.17) is 27.9 Å². The number of aliphatic hydroxyl groups is 4. The lowest BCUT2D eigenvalue weighted by molar-refractivity contribution is -0.145. The Morgan fingerprint density at radius 2 is 1.77 bits per heavy atom. The average Bonchev–Trinajstić information content (AvgIpc) is 2.62. The largest absolute Gasteiger partial charge is 0.492 e. The number of nitrogens with zero attached hydrogens (tertiary/aromatic N) is 1. The number of aliphatic hydroxyl groups excluding tert-OH is 4. The first-order valence-electron chi connectivity index (χ1n) is 8.91. The van der Waals surface area contributed by atoms with Gasteiger partial charge in [-0.3, -0.25) is 4.90 Å². The van der Waals surface area contributed by atoms with E-state index in [1.54, 1.807) is 18.2 Å². The molecule has 4 atom stereocenters. The average molecular weight is 408 g/mol. The third-order valence-corrected chi connectivity index (χ3v) is 5.25. The molecule has 1 saturated heterocycles. The Bertz CT molecular complexity index is 562. The molecule has 1 aromatic carbocycles. The minimum Gasteiger partial charge on any atom is -0.492 e. The lowest BCUT2D eigenvalue weighted by atomic mass is 9.94. The fourth-order valence-electron chi connectivity index (χ4n) is 3.18. The van der Waals surface area contributed by atoms with Crippen molar-refractivity contribution in [1.82, 2.24) is 4.90 Å². The van der Waals surface area contributed by atoms with Crippen molar-refractivity contribution in [3.63, 3.8) is 0 Å². The summed E-state index contributed by atoms with van der Waals surface area (Å²) in [5, 5.41) is 40.0. The topological polar surface area (TPSA) is 93.4 Å². The summed E-state index contributed by atoms with van der Waals surface area (Å²) in [4.78, 5) is 1.84. The monoisotopic (exact) mass is 407 g/mol. The van der Waals surface area contributed by atoms with Crippen molar-refractivity contribution in [2.24, 2.45) is 0 Å². The van der Waals surface area contributed by atoms with Crippen molar-refractivity contribution in [2.45, 2.75) is 50.0 Å². The second kappa shape index (κ2) is 10.7. The summed E-state index contributed by atoms with van der Waals surface area (Å²) in [6.45, 7) is 1.19. The molecule has 0 saturated carbocycles. The molecule has 0 bridgehead atoms. The van der Waals surface area contributed by atoms with Gasteiger partial charge in [0, 0.05) is 17.6 Å². The number of likely N-dealkylation sites (tertiary alicyclic amines) is 1. The molecule has 1 aliphatic rings. The van der Waals surface area contributed by atoms with E-state index in [-0.39, 0.29) is 13.2 Å². The van der Waals surface area contributed by atoms with Crippen LogP contribution in [0.3, 0.4) is 0 Å². The first kappa shape index (κ1) is 21.7. The number of hydrogen-bond donors (Lipinski definition) is 4. The van der Waals surface area contributed by atoms with E-state index in [0.717, 1.165) is 25.7 Å². The maximum Gasteiger partial charge on any atom is 0.139 e. The van der Waals surface area contributed by atoms with Crippen molar-refractivity contribution < 1.29 is 25.2 Å². The minimum absolute atomic E-state index is 0.250. The molecule has 1 aliphatic heterocycles. The summed E-state index contributed by atoms with van der Waals surface area (Å²) in [7, 11) is 0. The summed E-state index contributed by atoms with van der Waals surface area (Å²) in [6, 6.07) is 4.57. The van der Waals surface area contributed by atoms with Gasteiger partial charge in [0.1, 0.15) is 18.0 Å². The second-order valence-electron chi connectivity index (χ2n) is 6.63. The lowest BCUT2D eigenvalue weighted by Gasteiger charge is -2.43. The molecule has 8 heteroatoms. The van der Waals surface area contributed by atoms with Crippen LogP contribution < -0.4 is 4.74 Å². The molecular formula is C18H27Cl2NO5. The summed E-state index contributed by atoms with van der Waals surface area (Å²) in [5.41, 5.74) is 0. The molecule has 26 heavy (non-hydrogen) atoms. The first-order valence-corrected chi connectivity index (χ1v) is 9.66. The molecule has 0 aromatic heterocycles. The third-order valence-electron chi connectivity index (χ3n) is 4.71. The molecule has 2 rings (SSSR count). The van der Waals surface area contributed by atoms with Crippen molar-refractivity contribution >= 4 is 23.2 Å². The molecule has 0 unspecified atom stereocenters. The second-order valence-corrected chi connectivity index (χ2v) is 7.47. The molecule has 1 fully saturated rings. The van der Waals surface area contributed by atoms with Crippen LogP contribution in [0.1, 0.15) is 25.7 Å². The van der Waals surface area contributed by atoms with Gasteiger partial charge in [0.25, 0.3) is 0 Å². The summed E-state index contributed by atoms with van der Waals surface area (Å²) >= 11 is 12.0. The molecule has 0 amide bonds. The number of hydrogen-bond acceptors (Lipinski definition) is 6. The van der Waals surface area contributed by atoms with E-state index in [2.05, 4.69) is 0 Å². The van der Waals surface area contributed by atoms with Gasteiger partial charge in [0.15, 0.2) is 0 Å². The van der Waals surface area contributed by atoms with Crippen molar-refractivity contribution in [1.29, 1.82) is 0 Å². The summed E-state index contributed by atoms with van der Waals surface area (Å²) in [6.07, 6.45) is 0.307. The smallest absolute Gasteiger partial charge is 0.139 e. The Morgan fingerprint density at radius 1 is 1.04 bits per heavy atom. The molecule has 6 nitrogen and oxygen atoms in total. The SMILES string of the molecule is OC[C@@H]1[C@@H](O)[C@H](O)[C@@H](O)CN1CCCCCCOc1cc(Cl)ccc1Cl. The van der Waals surface area contributed by atoms with Crippen LogP contribution >= 0.6 is 23.2 Å². The van der Waals surface area contributed by atoms with E-state index in [1.165, 1.54) is 0 Å². The number of β-amino-alcohol motifs (C(OH)–C–C–N with tert-alkyl or cyclic N) is 1. The number of unbranched alkanes of at least 4 members (excludes halogenated alkanes) is 3. The van der Waals surface area contributed by atoms with Crippen LogP contribution in [-0.4, -0.2) is 76.0 Å². The first-order chi connectivity index (χ1) is 12.4. The lowest BCUT2D eigenvalue weighted by Crippen LogP contribution is -2.62. The van der Waals surface area contributed by atoms with Gasteiger partial charge in [-0.25, -0.2) is 0 Å². The quantitative estimate of drug-likeness (QED) is 0.465. The van der Waals surface area contributed by atoms with Crippen LogP contribution in [0.15, 0.2) is 18.2 Å². The van der Waals surface area contributed by atoms with Crippen LogP contribution in [0.4, 0.5) is 0 Å². The zero-order valence-electron chi connectivity index (χ0n) is 14.6. The van der Waals surface area contributed by atoms with Crippen molar-refractivity contribution in [3.05, 3.63) is 28.2 Å². The zero-order chi connectivity index (χ0) is 19.1. The predicted octanol–water partition coefficient (Wildman–Crippen LogP) is 1.69. The van der Waals surface area contributed by atoms with Crippen molar-refractivity contribution in [3.8, 4) is 5.75 Å². The highest BCUT2D eigenvalue weighted by molar-refractivity contribution is 6.34. The number of rotatable bonds is 9. The van der Waals surface area contributed by atoms with Gasteiger partial charge < -0.3 is 25.2 Å². The van der Waals surface area contributed by atoms with Crippen LogP contribution in [0.25, 0.3) is 0 Å². The predicted molar refractivity (Wildman–Crippen MR) is 101 cm³/mol. The van der Waals surface area contributed by atoms with Gasteiger partial charge >= 0.3 is 0 Å². The highest BCUT2D eigenvalue weighted by atomic mass is 35.5. The van der Waals surface area contributed by atoms with E-state index in [9.17, 15) is 20.4 Å². The fraction of sp³-hybridized carbons (Fsp3) is 0.667. The highest BCUT2D eigenvalue weighted by Gasteiger charge is 2.40. The van der Waals surface area contributed by atoms with Crippen LogP contribution in [0.5, 0.6) is 5.75 Å². The van der Waals surface area contributed by atoms with Gasteiger partial charge in [0.2, 0.25) is 0 Å². The fourth-order valence-corrected chi connectivity index (χ4v) is 3.51.